The van der Waals surface area contributed by atoms with Crippen LogP contribution in [0.1, 0.15) is 35.2 Å². The number of piperidine rings is 1. The van der Waals surface area contributed by atoms with Gasteiger partial charge in [0.25, 0.3) is 0 Å². The number of carbonyl (C=O) groups excluding carboxylic acids is 2. The Bertz CT molecular complexity index is 741. The second-order valence-electron chi connectivity index (χ2n) is 6.52. The zero-order valence-electron chi connectivity index (χ0n) is 14.6. The molecule has 1 fully saturated rings. The number of Topliss-reactive ketones (excluding diaryl/α,β-unsaturated/α-hetero) is 1. The molecule has 1 heterocycles. The molecule has 1 unspecified atom stereocenters. The van der Waals surface area contributed by atoms with Gasteiger partial charge in [-0.15, -0.1) is 0 Å². The highest BCUT2D eigenvalue weighted by Crippen LogP contribution is 2.27. The van der Waals surface area contributed by atoms with Crippen molar-refractivity contribution in [1.82, 2.24) is 4.90 Å². The summed E-state index contributed by atoms with van der Waals surface area (Å²) in [6, 6.07) is 17.2. The molecule has 1 aliphatic heterocycles. The van der Waals surface area contributed by atoms with E-state index in [1.54, 1.807) is 65.6 Å². The molecule has 1 saturated heterocycles. The Hall–Kier alpha value is -2.66. The van der Waals surface area contributed by atoms with Crippen LogP contribution in [0, 0.1) is 0 Å². The van der Waals surface area contributed by atoms with Gasteiger partial charge in [0.2, 0.25) is 5.78 Å². The van der Waals surface area contributed by atoms with Crippen LogP contribution in [0.5, 0.6) is 0 Å². The van der Waals surface area contributed by atoms with Crippen molar-refractivity contribution < 1.29 is 19.4 Å². The largest absolute Gasteiger partial charge is 0.445 e. The summed E-state index contributed by atoms with van der Waals surface area (Å²) in [6.45, 7) is 0.879. The van der Waals surface area contributed by atoms with Crippen molar-refractivity contribution in [2.75, 3.05) is 19.7 Å². The Kier molecular flexibility index (Phi) is 5.68. The van der Waals surface area contributed by atoms with Crippen molar-refractivity contribution in [3.05, 3.63) is 71.8 Å². The van der Waals surface area contributed by atoms with Crippen LogP contribution in [0.2, 0.25) is 0 Å². The molecule has 5 nitrogen and oxygen atoms in total. The molecule has 5 heteroatoms. The molecule has 0 aromatic heterocycles. The fourth-order valence-corrected chi connectivity index (χ4v) is 3.16. The summed E-state index contributed by atoms with van der Waals surface area (Å²) >= 11 is 0. The highest BCUT2D eigenvalue weighted by Gasteiger charge is 2.40. The van der Waals surface area contributed by atoms with Gasteiger partial charge >= 0.3 is 6.09 Å². The van der Waals surface area contributed by atoms with Crippen LogP contribution in [-0.2, 0) is 10.3 Å². The van der Waals surface area contributed by atoms with E-state index in [2.05, 4.69) is 0 Å². The molecule has 0 spiro atoms. The fourth-order valence-electron chi connectivity index (χ4n) is 3.16. The molecule has 0 radical (unpaired) electrons. The molecule has 1 atom stereocenters. The van der Waals surface area contributed by atoms with E-state index in [1.807, 2.05) is 0 Å². The smallest absolute Gasteiger partial charge is 0.409 e. The van der Waals surface area contributed by atoms with Gasteiger partial charge in [-0.2, -0.15) is 0 Å². The molecule has 136 valence electrons. The third-order valence-corrected chi connectivity index (χ3v) is 4.68. The average molecular weight is 353 g/mol. The molecule has 0 bridgehead atoms. The van der Waals surface area contributed by atoms with Crippen molar-refractivity contribution in [2.24, 2.45) is 0 Å². The second kappa shape index (κ2) is 8.15. The Morgan fingerprint density at radius 1 is 0.923 bits per heavy atom. The lowest BCUT2D eigenvalue weighted by Crippen LogP contribution is -2.44. The number of aliphatic hydroxyl groups is 1. The zero-order valence-corrected chi connectivity index (χ0v) is 14.6. The molecule has 1 N–H and O–H groups in total. The van der Waals surface area contributed by atoms with Gasteiger partial charge in [0.1, 0.15) is 6.61 Å². The normalized spacial score (nSPS) is 16.6. The number of likely N-dealkylation sites (tertiary alicyclic amines) is 1. The van der Waals surface area contributed by atoms with Gasteiger partial charge in [0.05, 0.1) is 0 Å². The van der Waals surface area contributed by atoms with E-state index in [0.717, 1.165) is 19.3 Å². The quantitative estimate of drug-likeness (QED) is 0.837. The number of hydrogen-bond acceptors (Lipinski definition) is 4. The van der Waals surface area contributed by atoms with E-state index in [9.17, 15) is 14.7 Å². The maximum atomic E-state index is 13.0. The molecular weight excluding hydrogens is 330 g/mol. The third-order valence-electron chi connectivity index (χ3n) is 4.68. The first kappa shape index (κ1) is 18.1. The number of ether oxygens (including phenoxy) is 1. The van der Waals surface area contributed by atoms with Crippen LogP contribution < -0.4 is 0 Å². The number of amides is 1. The number of hydrogen-bond donors (Lipinski definition) is 1. The molecule has 26 heavy (non-hydrogen) atoms. The van der Waals surface area contributed by atoms with E-state index in [4.69, 9.17) is 4.74 Å². The number of benzene rings is 2. The van der Waals surface area contributed by atoms with E-state index >= 15 is 0 Å². The monoisotopic (exact) mass is 353 g/mol. The minimum atomic E-state index is -1.92. The first-order valence-corrected chi connectivity index (χ1v) is 8.91. The predicted molar refractivity (Wildman–Crippen MR) is 97.9 cm³/mol. The van der Waals surface area contributed by atoms with Crippen molar-refractivity contribution >= 4 is 11.9 Å². The van der Waals surface area contributed by atoms with E-state index in [1.165, 1.54) is 0 Å². The summed E-state index contributed by atoms with van der Waals surface area (Å²) in [7, 11) is 0. The van der Waals surface area contributed by atoms with Crippen molar-refractivity contribution in [2.45, 2.75) is 24.9 Å². The zero-order chi connectivity index (χ0) is 18.4. The van der Waals surface area contributed by atoms with E-state index < -0.39 is 24.1 Å². The van der Waals surface area contributed by atoms with Crippen LogP contribution in [-0.4, -0.2) is 41.6 Å². The fraction of sp³-hybridized carbons (Fsp3) is 0.333. The molecule has 3 rings (SSSR count). The summed E-state index contributed by atoms with van der Waals surface area (Å²) in [5.41, 5.74) is -1.15. The van der Waals surface area contributed by atoms with Crippen LogP contribution in [0.3, 0.4) is 0 Å². The number of carbonyl (C=O) groups is 2. The standard InChI is InChI=1S/C21H23NO4/c23-19(17-10-4-1-5-11-17)21(25,18-12-6-2-7-13-18)16-26-20(24)22-14-8-3-9-15-22/h1-2,4-7,10-13,25H,3,8-9,14-16H2. The third kappa shape index (κ3) is 3.94. The number of rotatable bonds is 5. The highest BCUT2D eigenvalue weighted by atomic mass is 16.6. The van der Waals surface area contributed by atoms with E-state index in [0.29, 0.717) is 24.2 Å². The first-order chi connectivity index (χ1) is 12.6. The van der Waals surface area contributed by atoms with Gasteiger partial charge < -0.3 is 14.7 Å². The Morgan fingerprint density at radius 2 is 1.50 bits per heavy atom. The molecule has 1 amide bonds. The maximum absolute atomic E-state index is 13.0. The minimum absolute atomic E-state index is 0.368. The van der Waals surface area contributed by atoms with Crippen molar-refractivity contribution in [3.8, 4) is 0 Å². The molecule has 0 aliphatic carbocycles. The van der Waals surface area contributed by atoms with Crippen molar-refractivity contribution in [3.63, 3.8) is 0 Å². The Morgan fingerprint density at radius 3 is 2.12 bits per heavy atom. The number of ketones is 1. The van der Waals surface area contributed by atoms with Gasteiger partial charge in [-0.25, -0.2) is 4.79 Å². The van der Waals surface area contributed by atoms with Crippen LogP contribution in [0.15, 0.2) is 60.7 Å². The summed E-state index contributed by atoms with van der Waals surface area (Å²) in [5, 5.41) is 11.2. The summed E-state index contributed by atoms with van der Waals surface area (Å²) in [6.07, 6.45) is 2.51. The highest BCUT2D eigenvalue weighted by molar-refractivity contribution is 6.03. The second-order valence-corrected chi connectivity index (χ2v) is 6.52. The average Bonchev–Trinajstić information content (AvgIpc) is 2.73. The Balaban J connectivity index is 1.81. The van der Waals surface area contributed by atoms with Gasteiger partial charge in [0.15, 0.2) is 5.60 Å². The van der Waals surface area contributed by atoms with Gasteiger partial charge in [0, 0.05) is 18.7 Å². The summed E-state index contributed by atoms with van der Waals surface area (Å²) in [5.74, 6) is -0.490. The van der Waals surface area contributed by atoms with E-state index in [-0.39, 0.29) is 0 Å². The molecule has 0 saturated carbocycles. The van der Waals surface area contributed by atoms with Gasteiger partial charge in [-0.1, -0.05) is 60.7 Å². The first-order valence-electron chi connectivity index (χ1n) is 8.91. The molecule has 2 aromatic rings. The van der Waals surface area contributed by atoms with Crippen LogP contribution >= 0.6 is 0 Å². The molecule has 1 aliphatic rings. The topological polar surface area (TPSA) is 66.8 Å². The lowest BCUT2D eigenvalue weighted by Gasteiger charge is -2.30. The summed E-state index contributed by atoms with van der Waals surface area (Å²) in [4.78, 5) is 26.9. The lowest BCUT2D eigenvalue weighted by atomic mass is 9.86. The van der Waals surface area contributed by atoms with Gasteiger partial charge in [-0.05, 0) is 24.8 Å². The maximum Gasteiger partial charge on any atom is 0.409 e. The Labute approximate surface area is 153 Å². The van der Waals surface area contributed by atoms with Crippen LogP contribution in [0.25, 0.3) is 0 Å². The van der Waals surface area contributed by atoms with Crippen LogP contribution in [0.4, 0.5) is 4.79 Å². The SMILES string of the molecule is O=C(OCC(O)(C(=O)c1ccccc1)c1ccccc1)N1CCCCC1. The minimum Gasteiger partial charge on any atom is -0.445 e. The van der Waals surface area contributed by atoms with Crippen molar-refractivity contribution in [1.29, 1.82) is 0 Å². The lowest BCUT2D eigenvalue weighted by molar-refractivity contribution is -0.0181. The summed E-state index contributed by atoms with van der Waals surface area (Å²) < 4.78 is 5.36. The number of nitrogens with zero attached hydrogens (tertiary/aromatic N) is 1. The van der Waals surface area contributed by atoms with Gasteiger partial charge in [-0.3, -0.25) is 4.79 Å². The molecular formula is C21H23NO4. The predicted octanol–water partition coefficient (Wildman–Crippen LogP) is 3.38. The molecule has 2 aromatic carbocycles.